The number of benzene rings is 1. The lowest BCUT2D eigenvalue weighted by Gasteiger charge is -2.21. The van der Waals surface area contributed by atoms with Crippen molar-refractivity contribution in [3.63, 3.8) is 0 Å². The van der Waals surface area contributed by atoms with Gasteiger partial charge in [0.2, 0.25) is 0 Å². The van der Waals surface area contributed by atoms with E-state index in [0.717, 1.165) is 12.3 Å². The number of nitrogen functional groups attached to an aromatic ring is 1. The van der Waals surface area contributed by atoms with Crippen LogP contribution in [-0.4, -0.2) is 14.2 Å². The van der Waals surface area contributed by atoms with E-state index in [2.05, 4.69) is 0 Å². The summed E-state index contributed by atoms with van der Waals surface area (Å²) in [6.07, 6.45) is 4.79. The molecule has 19 heavy (non-hydrogen) atoms. The van der Waals surface area contributed by atoms with Crippen molar-refractivity contribution in [3.8, 4) is 0 Å². The summed E-state index contributed by atoms with van der Waals surface area (Å²) in [5.74, 6) is 1.97. The van der Waals surface area contributed by atoms with Gasteiger partial charge in [-0.05, 0) is 55.2 Å². The largest absolute Gasteiger partial charge is 0.398 e. The molecule has 2 aliphatic rings. The Hall–Kier alpha value is -0.740. The van der Waals surface area contributed by atoms with Crippen LogP contribution in [-0.2, 0) is 9.84 Å². The average molecular weight is 300 g/mol. The van der Waals surface area contributed by atoms with E-state index in [1.807, 2.05) is 0 Å². The Balaban J connectivity index is 1.80. The summed E-state index contributed by atoms with van der Waals surface area (Å²) in [6.45, 7) is 0. The van der Waals surface area contributed by atoms with E-state index < -0.39 is 9.84 Å². The fraction of sp³-hybridized carbons (Fsp3) is 0.571. The number of fused-ring (bicyclic) bond motifs is 2. The topological polar surface area (TPSA) is 60.2 Å². The maximum absolute atomic E-state index is 12.4. The highest BCUT2D eigenvalue weighted by molar-refractivity contribution is 7.91. The molecule has 0 aromatic heterocycles. The molecule has 0 amide bonds. The lowest BCUT2D eigenvalue weighted by Crippen LogP contribution is -2.21. The molecule has 0 radical (unpaired) electrons. The average Bonchev–Trinajstić information content (AvgIpc) is 2.94. The third-order valence-electron chi connectivity index (χ3n) is 4.65. The van der Waals surface area contributed by atoms with Crippen molar-refractivity contribution in [3.05, 3.63) is 23.2 Å². The molecule has 3 atom stereocenters. The number of hydrogen-bond acceptors (Lipinski definition) is 3. The molecule has 3 nitrogen and oxygen atoms in total. The van der Waals surface area contributed by atoms with Crippen molar-refractivity contribution >= 4 is 27.1 Å². The van der Waals surface area contributed by atoms with E-state index in [1.54, 1.807) is 12.1 Å². The Morgan fingerprint density at radius 2 is 2.05 bits per heavy atom. The minimum absolute atomic E-state index is 0.258. The van der Waals surface area contributed by atoms with E-state index in [-0.39, 0.29) is 5.75 Å². The maximum atomic E-state index is 12.4. The molecule has 1 aromatic carbocycles. The molecule has 2 saturated carbocycles. The molecule has 0 heterocycles. The molecule has 1 aromatic rings. The minimum atomic E-state index is -3.25. The molecule has 2 fully saturated rings. The zero-order valence-corrected chi connectivity index (χ0v) is 12.3. The van der Waals surface area contributed by atoms with Crippen molar-refractivity contribution in [2.75, 3.05) is 11.5 Å². The van der Waals surface area contributed by atoms with Crippen LogP contribution in [0.1, 0.15) is 25.7 Å². The zero-order chi connectivity index (χ0) is 13.6. The molecule has 2 N–H and O–H groups in total. The highest BCUT2D eigenvalue weighted by atomic mass is 35.5. The van der Waals surface area contributed by atoms with Crippen LogP contribution in [0.5, 0.6) is 0 Å². The zero-order valence-electron chi connectivity index (χ0n) is 10.7. The van der Waals surface area contributed by atoms with Gasteiger partial charge in [-0.15, -0.1) is 0 Å². The van der Waals surface area contributed by atoms with Crippen molar-refractivity contribution in [2.24, 2.45) is 17.8 Å². The molecule has 0 aliphatic heterocycles. The second-order valence-electron chi connectivity index (χ2n) is 5.90. The Morgan fingerprint density at radius 1 is 1.26 bits per heavy atom. The van der Waals surface area contributed by atoms with Crippen molar-refractivity contribution in [1.29, 1.82) is 0 Å². The summed E-state index contributed by atoms with van der Waals surface area (Å²) in [5, 5.41) is 0.314. The summed E-state index contributed by atoms with van der Waals surface area (Å²) < 4.78 is 24.9. The number of nitrogens with two attached hydrogens (primary N) is 1. The van der Waals surface area contributed by atoms with Gasteiger partial charge in [0.1, 0.15) is 0 Å². The lowest BCUT2D eigenvalue weighted by atomic mass is 9.90. The molecule has 5 heteroatoms. The molecule has 3 rings (SSSR count). The molecule has 0 spiro atoms. The van der Waals surface area contributed by atoms with Gasteiger partial charge in [-0.25, -0.2) is 8.42 Å². The van der Waals surface area contributed by atoms with Gasteiger partial charge in [-0.3, -0.25) is 0 Å². The maximum Gasteiger partial charge on any atom is 0.178 e. The summed E-state index contributed by atoms with van der Waals surface area (Å²) in [7, 11) is -3.25. The first kappa shape index (κ1) is 13.3. The summed E-state index contributed by atoms with van der Waals surface area (Å²) in [4.78, 5) is 0.300. The van der Waals surface area contributed by atoms with Crippen molar-refractivity contribution in [1.82, 2.24) is 0 Å². The highest BCUT2D eigenvalue weighted by Gasteiger charge is 2.41. The summed E-state index contributed by atoms with van der Waals surface area (Å²) >= 11 is 5.91. The number of sulfone groups is 1. The number of hydrogen-bond donors (Lipinski definition) is 1. The van der Waals surface area contributed by atoms with Gasteiger partial charge in [0.05, 0.1) is 21.4 Å². The molecule has 104 valence electrons. The van der Waals surface area contributed by atoms with Crippen LogP contribution >= 0.6 is 11.6 Å². The van der Waals surface area contributed by atoms with E-state index in [0.29, 0.717) is 27.4 Å². The first-order chi connectivity index (χ1) is 8.95. The van der Waals surface area contributed by atoms with Gasteiger partial charge in [0, 0.05) is 0 Å². The molecule has 2 aliphatic carbocycles. The Kier molecular flexibility index (Phi) is 3.26. The number of halogens is 1. The minimum Gasteiger partial charge on any atom is -0.398 e. The third kappa shape index (κ3) is 2.48. The normalized spacial score (nSPS) is 29.8. The Morgan fingerprint density at radius 3 is 2.63 bits per heavy atom. The first-order valence-electron chi connectivity index (χ1n) is 6.73. The van der Waals surface area contributed by atoms with Crippen LogP contribution in [0.25, 0.3) is 0 Å². The van der Waals surface area contributed by atoms with Crippen LogP contribution in [0.2, 0.25) is 5.02 Å². The third-order valence-corrected chi connectivity index (χ3v) is 6.82. The van der Waals surface area contributed by atoms with Crippen LogP contribution < -0.4 is 5.73 Å². The van der Waals surface area contributed by atoms with Gasteiger partial charge in [0.25, 0.3) is 0 Å². The monoisotopic (exact) mass is 299 g/mol. The van der Waals surface area contributed by atoms with Gasteiger partial charge < -0.3 is 5.73 Å². The van der Waals surface area contributed by atoms with Crippen LogP contribution in [0, 0.1) is 17.8 Å². The van der Waals surface area contributed by atoms with Gasteiger partial charge in [-0.2, -0.15) is 0 Å². The Bertz CT molecular complexity index is 599. The summed E-state index contributed by atoms with van der Waals surface area (Å²) in [5.41, 5.74) is 6.04. The smallest absolute Gasteiger partial charge is 0.178 e. The van der Waals surface area contributed by atoms with Crippen molar-refractivity contribution in [2.45, 2.75) is 30.6 Å². The molecule has 3 unspecified atom stereocenters. The van der Waals surface area contributed by atoms with E-state index >= 15 is 0 Å². The fourth-order valence-electron chi connectivity index (χ4n) is 3.66. The highest BCUT2D eigenvalue weighted by Crippen LogP contribution is 2.49. The quantitative estimate of drug-likeness (QED) is 0.872. The van der Waals surface area contributed by atoms with Gasteiger partial charge in [0.15, 0.2) is 9.84 Å². The SMILES string of the molecule is Nc1ccc(S(=O)(=O)CC2CC3CCC2C3)cc1Cl. The van der Waals surface area contributed by atoms with Crippen LogP contribution in [0.4, 0.5) is 5.69 Å². The first-order valence-corrected chi connectivity index (χ1v) is 8.76. The Labute approximate surface area is 119 Å². The second kappa shape index (κ2) is 4.67. The van der Waals surface area contributed by atoms with E-state index in [9.17, 15) is 8.42 Å². The molecular weight excluding hydrogens is 282 g/mol. The summed E-state index contributed by atoms with van der Waals surface area (Å²) in [6, 6.07) is 4.60. The number of rotatable bonds is 3. The fourth-order valence-corrected chi connectivity index (χ4v) is 5.64. The number of anilines is 1. The van der Waals surface area contributed by atoms with Gasteiger partial charge in [-0.1, -0.05) is 18.0 Å². The predicted molar refractivity (Wildman–Crippen MR) is 76.9 cm³/mol. The molecule has 0 saturated heterocycles. The van der Waals surface area contributed by atoms with E-state index in [1.165, 1.54) is 25.3 Å². The second-order valence-corrected chi connectivity index (χ2v) is 8.34. The van der Waals surface area contributed by atoms with Gasteiger partial charge >= 0.3 is 0 Å². The van der Waals surface area contributed by atoms with Crippen LogP contribution in [0.15, 0.2) is 23.1 Å². The predicted octanol–water partition coefficient (Wildman–Crippen LogP) is 3.13. The molecular formula is C14H18ClNO2S. The van der Waals surface area contributed by atoms with E-state index in [4.69, 9.17) is 17.3 Å². The lowest BCUT2D eigenvalue weighted by molar-refractivity contribution is 0.360. The van der Waals surface area contributed by atoms with Crippen LogP contribution in [0.3, 0.4) is 0 Å². The molecule has 2 bridgehead atoms. The van der Waals surface area contributed by atoms with Crippen molar-refractivity contribution < 1.29 is 8.42 Å². The standard InChI is InChI=1S/C14H18ClNO2S/c15-13-7-12(3-4-14(13)16)19(17,18)8-11-6-9-1-2-10(11)5-9/h3-4,7,9-11H,1-2,5-6,8,16H2.